The molecule has 2 aromatic rings. The molecule has 1 aliphatic heterocycles. The Labute approximate surface area is 128 Å². The summed E-state index contributed by atoms with van der Waals surface area (Å²) in [4.78, 5) is 19.1. The van der Waals surface area contributed by atoms with Gasteiger partial charge in [0.05, 0.1) is 11.1 Å². The Morgan fingerprint density at radius 1 is 1.43 bits per heavy atom. The van der Waals surface area contributed by atoms with E-state index in [4.69, 9.17) is 17.3 Å². The Kier molecular flexibility index (Phi) is 3.83. The number of likely N-dealkylation sites (tertiary alicyclic amines) is 1. The molecule has 1 atom stereocenters. The molecule has 1 aromatic carbocycles. The molecule has 4 nitrogen and oxygen atoms in total. The van der Waals surface area contributed by atoms with Gasteiger partial charge < -0.3 is 10.6 Å². The minimum Gasteiger partial charge on any atom is -0.337 e. The number of halogens is 1. The van der Waals surface area contributed by atoms with Crippen LogP contribution in [0.3, 0.4) is 0 Å². The summed E-state index contributed by atoms with van der Waals surface area (Å²) in [5, 5.41) is 1.47. The van der Waals surface area contributed by atoms with E-state index >= 15 is 0 Å². The van der Waals surface area contributed by atoms with Gasteiger partial charge in [-0.15, -0.1) is 0 Å². The van der Waals surface area contributed by atoms with E-state index in [9.17, 15) is 4.79 Å². The van der Waals surface area contributed by atoms with E-state index in [0.717, 1.165) is 36.0 Å². The maximum atomic E-state index is 12.8. The third-order valence-electron chi connectivity index (χ3n) is 3.88. The summed E-state index contributed by atoms with van der Waals surface area (Å²) < 4.78 is 0. The molecule has 1 fully saturated rings. The number of hydrogen-bond donors (Lipinski definition) is 1. The minimum atomic E-state index is 0.0305. The number of piperidine rings is 1. The number of benzene rings is 1. The van der Waals surface area contributed by atoms with Crippen LogP contribution in [0, 0.1) is 6.92 Å². The second kappa shape index (κ2) is 5.62. The molecule has 21 heavy (non-hydrogen) atoms. The van der Waals surface area contributed by atoms with Gasteiger partial charge >= 0.3 is 0 Å². The summed E-state index contributed by atoms with van der Waals surface area (Å²) in [7, 11) is 0. The molecule has 0 bridgehead atoms. The van der Waals surface area contributed by atoms with Gasteiger partial charge in [0.2, 0.25) is 0 Å². The van der Waals surface area contributed by atoms with Crippen molar-refractivity contribution in [2.75, 3.05) is 13.1 Å². The number of carbonyl (C=O) groups excluding carboxylic acids is 1. The zero-order chi connectivity index (χ0) is 15.0. The fourth-order valence-corrected chi connectivity index (χ4v) is 3.04. The van der Waals surface area contributed by atoms with Gasteiger partial charge in [-0.1, -0.05) is 17.7 Å². The number of hydrogen-bond acceptors (Lipinski definition) is 3. The largest absolute Gasteiger partial charge is 0.337 e. The van der Waals surface area contributed by atoms with Crippen molar-refractivity contribution in [3.63, 3.8) is 0 Å². The van der Waals surface area contributed by atoms with Crippen molar-refractivity contribution < 1.29 is 4.79 Å². The molecule has 1 aliphatic rings. The maximum absolute atomic E-state index is 12.8. The van der Waals surface area contributed by atoms with Gasteiger partial charge in [0, 0.05) is 35.2 Å². The highest BCUT2D eigenvalue weighted by Gasteiger charge is 2.24. The maximum Gasteiger partial charge on any atom is 0.254 e. The smallest absolute Gasteiger partial charge is 0.254 e. The molecule has 0 radical (unpaired) electrons. The molecule has 2 N–H and O–H groups in total. The first kappa shape index (κ1) is 14.3. The third-order valence-corrected chi connectivity index (χ3v) is 4.11. The van der Waals surface area contributed by atoms with E-state index in [2.05, 4.69) is 4.98 Å². The van der Waals surface area contributed by atoms with Crippen LogP contribution in [0.2, 0.25) is 5.02 Å². The lowest BCUT2D eigenvalue weighted by molar-refractivity contribution is 0.0710. The summed E-state index contributed by atoms with van der Waals surface area (Å²) in [6, 6.07) is 7.37. The zero-order valence-electron chi connectivity index (χ0n) is 12.0. The Hall–Kier alpha value is -1.65. The topological polar surface area (TPSA) is 59.2 Å². The van der Waals surface area contributed by atoms with E-state index in [1.165, 1.54) is 0 Å². The molecule has 1 saturated heterocycles. The van der Waals surface area contributed by atoms with Crippen LogP contribution in [0.4, 0.5) is 0 Å². The SMILES string of the molecule is Cc1cc(C(=O)N2CCCC(N)C2)c2ccc(Cl)cc2n1. The molecule has 1 aromatic heterocycles. The molecule has 1 unspecified atom stereocenters. The summed E-state index contributed by atoms with van der Waals surface area (Å²) in [6.07, 6.45) is 1.94. The lowest BCUT2D eigenvalue weighted by Gasteiger charge is -2.31. The number of amides is 1. The lowest BCUT2D eigenvalue weighted by Crippen LogP contribution is -2.45. The molecule has 110 valence electrons. The van der Waals surface area contributed by atoms with Gasteiger partial charge in [-0.2, -0.15) is 0 Å². The van der Waals surface area contributed by atoms with E-state index in [1.807, 2.05) is 24.0 Å². The van der Waals surface area contributed by atoms with Crippen molar-refractivity contribution in [1.82, 2.24) is 9.88 Å². The van der Waals surface area contributed by atoms with Crippen molar-refractivity contribution in [3.8, 4) is 0 Å². The molecule has 0 spiro atoms. The van der Waals surface area contributed by atoms with Crippen LogP contribution in [-0.4, -0.2) is 34.9 Å². The molecule has 0 aliphatic carbocycles. The van der Waals surface area contributed by atoms with Crippen LogP contribution in [0.15, 0.2) is 24.3 Å². The highest BCUT2D eigenvalue weighted by atomic mass is 35.5. The molecule has 3 rings (SSSR count). The van der Waals surface area contributed by atoms with Crippen LogP contribution in [0.1, 0.15) is 28.9 Å². The molecule has 0 saturated carbocycles. The summed E-state index contributed by atoms with van der Waals surface area (Å²) in [5.74, 6) is 0.0305. The van der Waals surface area contributed by atoms with Crippen molar-refractivity contribution in [2.24, 2.45) is 5.73 Å². The molecule has 5 heteroatoms. The fraction of sp³-hybridized carbons (Fsp3) is 0.375. The number of aryl methyl sites for hydroxylation is 1. The standard InChI is InChI=1S/C16H18ClN3O/c1-10-7-14(13-5-4-11(17)8-15(13)19-10)16(21)20-6-2-3-12(18)9-20/h4-5,7-8,12H,2-3,6,9,18H2,1H3. The van der Waals surface area contributed by atoms with Crippen LogP contribution in [0.25, 0.3) is 10.9 Å². The summed E-state index contributed by atoms with van der Waals surface area (Å²) in [5.41, 5.74) is 8.23. The Balaban J connectivity index is 2.04. The first-order valence-corrected chi connectivity index (χ1v) is 7.54. The first-order chi connectivity index (χ1) is 10.0. The second-order valence-corrected chi connectivity index (χ2v) is 6.06. The number of pyridine rings is 1. The van der Waals surface area contributed by atoms with Crippen molar-refractivity contribution in [1.29, 1.82) is 0 Å². The number of fused-ring (bicyclic) bond motifs is 1. The molecule has 1 amide bonds. The average molecular weight is 304 g/mol. The van der Waals surface area contributed by atoms with Gasteiger partial charge in [0.15, 0.2) is 0 Å². The number of rotatable bonds is 1. The zero-order valence-corrected chi connectivity index (χ0v) is 12.7. The molecular weight excluding hydrogens is 286 g/mol. The van der Waals surface area contributed by atoms with E-state index < -0.39 is 0 Å². The highest BCUT2D eigenvalue weighted by molar-refractivity contribution is 6.31. The minimum absolute atomic E-state index is 0.0305. The normalized spacial score (nSPS) is 19.0. The van der Waals surface area contributed by atoms with Crippen molar-refractivity contribution in [2.45, 2.75) is 25.8 Å². The van der Waals surface area contributed by atoms with E-state index in [0.29, 0.717) is 17.1 Å². The predicted molar refractivity (Wildman–Crippen MR) is 84.6 cm³/mol. The van der Waals surface area contributed by atoms with Crippen LogP contribution >= 0.6 is 11.6 Å². The highest BCUT2D eigenvalue weighted by Crippen LogP contribution is 2.24. The van der Waals surface area contributed by atoms with Crippen LogP contribution in [0.5, 0.6) is 0 Å². The van der Waals surface area contributed by atoms with Gasteiger partial charge in [0.25, 0.3) is 5.91 Å². The number of aromatic nitrogens is 1. The first-order valence-electron chi connectivity index (χ1n) is 7.16. The third kappa shape index (κ3) is 2.87. The van der Waals surface area contributed by atoms with Gasteiger partial charge in [0.1, 0.15) is 0 Å². The number of nitrogens with two attached hydrogens (primary N) is 1. The Bertz CT molecular complexity index is 696. The van der Waals surface area contributed by atoms with Crippen molar-refractivity contribution in [3.05, 3.63) is 40.5 Å². The molecular formula is C16H18ClN3O. The van der Waals surface area contributed by atoms with Gasteiger partial charge in [-0.3, -0.25) is 9.78 Å². The average Bonchev–Trinajstić information content (AvgIpc) is 2.45. The van der Waals surface area contributed by atoms with Crippen molar-refractivity contribution >= 4 is 28.4 Å². The Morgan fingerprint density at radius 2 is 2.24 bits per heavy atom. The lowest BCUT2D eigenvalue weighted by atomic mass is 10.0. The summed E-state index contributed by atoms with van der Waals surface area (Å²) in [6.45, 7) is 3.28. The predicted octanol–water partition coefficient (Wildman–Crippen LogP) is 2.76. The van der Waals surface area contributed by atoms with E-state index in [1.54, 1.807) is 12.1 Å². The number of nitrogens with zero attached hydrogens (tertiary/aromatic N) is 2. The van der Waals surface area contributed by atoms with E-state index in [-0.39, 0.29) is 11.9 Å². The van der Waals surface area contributed by atoms with Crippen LogP contribution in [-0.2, 0) is 0 Å². The summed E-state index contributed by atoms with van der Waals surface area (Å²) >= 11 is 6.02. The Morgan fingerprint density at radius 3 is 3.00 bits per heavy atom. The monoisotopic (exact) mass is 303 g/mol. The van der Waals surface area contributed by atoms with Gasteiger partial charge in [-0.05, 0) is 38.0 Å². The second-order valence-electron chi connectivity index (χ2n) is 5.63. The number of carbonyl (C=O) groups is 1. The van der Waals surface area contributed by atoms with Gasteiger partial charge in [-0.25, -0.2) is 0 Å². The van der Waals surface area contributed by atoms with Crippen LogP contribution < -0.4 is 5.73 Å². The molecule has 2 heterocycles. The fourth-order valence-electron chi connectivity index (χ4n) is 2.88. The quantitative estimate of drug-likeness (QED) is 0.881.